The van der Waals surface area contributed by atoms with Gasteiger partial charge in [0.25, 0.3) is 0 Å². The van der Waals surface area contributed by atoms with E-state index in [2.05, 4.69) is 5.32 Å². The van der Waals surface area contributed by atoms with E-state index in [4.69, 9.17) is 14.2 Å². The SMILES string of the molecule is COc1ccc(OC)c([C@@H]2CCCN2C(=O)N[C@@H](C)[C@H]2CCCO2)c1. The van der Waals surface area contributed by atoms with Crippen molar-refractivity contribution in [3.63, 3.8) is 0 Å². The zero-order chi connectivity index (χ0) is 17.8. The lowest BCUT2D eigenvalue weighted by atomic mass is 10.0. The first-order chi connectivity index (χ1) is 12.1. The number of benzene rings is 1. The van der Waals surface area contributed by atoms with Crippen molar-refractivity contribution in [1.82, 2.24) is 10.2 Å². The Kier molecular flexibility index (Phi) is 5.68. The number of urea groups is 1. The van der Waals surface area contributed by atoms with E-state index in [0.29, 0.717) is 0 Å². The highest BCUT2D eigenvalue weighted by atomic mass is 16.5. The maximum Gasteiger partial charge on any atom is 0.318 e. The summed E-state index contributed by atoms with van der Waals surface area (Å²) in [5.41, 5.74) is 0.999. The number of nitrogens with one attached hydrogen (secondary N) is 1. The third-order valence-electron chi connectivity index (χ3n) is 5.18. The molecule has 0 spiro atoms. The molecule has 138 valence electrons. The van der Waals surface area contributed by atoms with Crippen molar-refractivity contribution in [2.45, 2.75) is 50.8 Å². The number of ether oxygens (including phenoxy) is 3. The lowest BCUT2D eigenvalue weighted by Crippen LogP contribution is -2.47. The van der Waals surface area contributed by atoms with Crippen LogP contribution >= 0.6 is 0 Å². The molecule has 1 aromatic carbocycles. The number of carbonyl (C=O) groups is 1. The fourth-order valence-electron chi connectivity index (χ4n) is 3.80. The molecule has 2 fully saturated rings. The maximum absolute atomic E-state index is 12.8. The summed E-state index contributed by atoms with van der Waals surface area (Å²) in [6, 6.07) is 5.73. The lowest BCUT2D eigenvalue weighted by molar-refractivity contribution is 0.0829. The van der Waals surface area contributed by atoms with Gasteiger partial charge in [-0.25, -0.2) is 4.79 Å². The summed E-state index contributed by atoms with van der Waals surface area (Å²) in [6.45, 7) is 3.55. The molecule has 0 aliphatic carbocycles. The van der Waals surface area contributed by atoms with E-state index in [-0.39, 0.29) is 24.2 Å². The number of nitrogens with zero attached hydrogens (tertiary/aromatic N) is 1. The molecule has 1 N–H and O–H groups in total. The average Bonchev–Trinajstić information content (AvgIpc) is 3.32. The number of rotatable bonds is 5. The summed E-state index contributed by atoms with van der Waals surface area (Å²) >= 11 is 0. The predicted octanol–water partition coefficient (Wildman–Crippen LogP) is 3.12. The molecule has 2 aliphatic rings. The summed E-state index contributed by atoms with van der Waals surface area (Å²) in [6.07, 6.45) is 4.10. The second-order valence-corrected chi connectivity index (χ2v) is 6.75. The molecule has 0 saturated carbocycles. The van der Waals surface area contributed by atoms with E-state index in [1.54, 1.807) is 14.2 Å². The van der Waals surface area contributed by atoms with Crippen molar-refractivity contribution in [1.29, 1.82) is 0 Å². The van der Waals surface area contributed by atoms with Gasteiger partial charge in [-0.15, -0.1) is 0 Å². The molecule has 2 amide bonds. The van der Waals surface area contributed by atoms with Gasteiger partial charge >= 0.3 is 6.03 Å². The molecule has 6 nitrogen and oxygen atoms in total. The number of hydrogen-bond donors (Lipinski definition) is 1. The molecule has 2 heterocycles. The predicted molar refractivity (Wildman–Crippen MR) is 95.2 cm³/mol. The third-order valence-corrected chi connectivity index (χ3v) is 5.18. The zero-order valence-electron chi connectivity index (χ0n) is 15.3. The van der Waals surface area contributed by atoms with Gasteiger partial charge in [0.15, 0.2) is 0 Å². The van der Waals surface area contributed by atoms with Crippen LogP contribution in [0.15, 0.2) is 18.2 Å². The molecule has 2 saturated heterocycles. The molecule has 1 aromatic rings. The minimum atomic E-state index is -0.0321. The Morgan fingerprint density at radius 2 is 2.12 bits per heavy atom. The molecule has 0 aromatic heterocycles. The monoisotopic (exact) mass is 348 g/mol. The van der Waals surface area contributed by atoms with Crippen LogP contribution in [0.3, 0.4) is 0 Å². The minimum absolute atomic E-state index is 0.00162. The van der Waals surface area contributed by atoms with Crippen LogP contribution in [-0.4, -0.2) is 50.4 Å². The van der Waals surface area contributed by atoms with E-state index in [0.717, 1.165) is 55.9 Å². The molecule has 2 aliphatic heterocycles. The van der Waals surface area contributed by atoms with Crippen LogP contribution in [0.1, 0.15) is 44.2 Å². The molecule has 3 atom stereocenters. The Labute approximate surface area is 149 Å². The summed E-state index contributed by atoms with van der Waals surface area (Å²) in [7, 11) is 3.30. The molecule has 25 heavy (non-hydrogen) atoms. The maximum atomic E-state index is 12.8. The first kappa shape index (κ1) is 17.9. The van der Waals surface area contributed by atoms with E-state index >= 15 is 0 Å². The minimum Gasteiger partial charge on any atom is -0.497 e. The molecule has 6 heteroatoms. The Bertz CT molecular complexity index is 601. The molecular weight excluding hydrogens is 320 g/mol. The van der Waals surface area contributed by atoms with Gasteiger partial charge < -0.3 is 24.4 Å². The third kappa shape index (κ3) is 3.84. The van der Waals surface area contributed by atoms with Gasteiger partial charge in [-0.2, -0.15) is 0 Å². The van der Waals surface area contributed by atoms with Gasteiger partial charge in [-0.3, -0.25) is 0 Å². The summed E-state index contributed by atoms with van der Waals surface area (Å²) in [5.74, 6) is 1.56. The van der Waals surface area contributed by atoms with Crippen molar-refractivity contribution in [2.75, 3.05) is 27.4 Å². The Hall–Kier alpha value is -1.95. The quantitative estimate of drug-likeness (QED) is 0.888. The van der Waals surface area contributed by atoms with Crippen LogP contribution in [0.4, 0.5) is 4.79 Å². The van der Waals surface area contributed by atoms with Crippen LogP contribution in [0, 0.1) is 0 Å². The molecule has 0 radical (unpaired) electrons. The van der Waals surface area contributed by atoms with Crippen LogP contribution in [-0.2, 0) is 4.74 Å². The number of methoxy groups -OCH3 is 2. The first-order valence-electron chi connectivity index (χ1n) is 9.04. The molecule has 0 bridgehead atoms. The van der Waals surface area contributed by atoms with E-state index in [1.807, 2.05) is 30.0 Å². The van der Waals surface area contributed by atoms with Crippen molar-refractivity contribution >= 4 is 6.03 Å². The van der Waals surface area contributed by atoms with Crippen LogP contribution in [0.2, 0.25) is 0 Å². The topological polar surface area (TPSA) is 60.0 Å². The Morgan fingerprint density at radius 3 is 2.80 bits per heavy atom. The van der Waals surface area contributed by atoms with Gasteiger partial charge in [0.05, 0.1) is 32.4 Å². The van der Waals surface area contributed by atoms with Gasteiger partial charge in [0.1, 0.15) is 11.5 Å². The molecule has 3 rings (SSSR count). The highest BCUT2D eigenvalue weighted by Crippen LogP contribution is 2.38. The van der Waals surface area contributed by atoms with Crippen LogP contribution < -0.4 is 14.8 Å². The van der Waals surface area contributed by atoms with Gasteiger partial charge in [-0.1, -0.05) is 0 Å². The van der Waals surface area contributed by atoms with E-state index in [9.17, 15) is 4.79 Å². The second kappa shape index (κ2) is 7.95. The number of hydrogen-bond acceptors (Lipinski definition) is 4. The average molecular weight is 348 g/mol. The van der Waals surface area contributed by atoms with Crippen molar-refractivity contribution in [2.24, 2.45) is 0 Å². The zero-order valence-corrected chi connectivity index (χ0v) is 15.3. The number of amides is 2. The smallest absolute Gasteiger partial charge is 0.318 e. The van der Waals surface area contributed by atoms with E-state index < -0.39 is 0 Å². The van der Waals surface area contributed by atoms with Crippen LogP contribution in [0.25, 0.3) is 0 Å². The van der Waals surface area contributed by atoms with Crippen LogP contribution in [0.5, 0.6) is 11.5 Å². The molecule has 0 unspecified atom stereocenters. The summed E-state index contributed by atoms with van der Waals surface area (Å²) < 4.78 is 16.6. The van der Waals surface area contributed by atoms with Gasteiger partial charge in [0, 0.05) is 18.7 Å². The summed E-state index contributed by atoms with van der Waals surface area (Å²) in [4.78, 5) is 14.7. The number of carbonyl (C=O) groups excluding carboxylic acids is 1. The highest BCUT2D eigenvalue weighted by Gasteiger charge is 2.34. The fourth-order valence-corrected chi connectivity index (χ4v) is 3.80. The van der Waals surface area contributed by atoms with E-state index in [1.165, 1.54) is 0 Å². The summed E-state index contributed by atoms with van der Waals surface area (Å²) in [5, 5.41) is 3.12. The highest BCUT2D eigenvalue weighted by molar-refractivity contribution is 5.75. The van der Waals surface area contributed by atoms with Crippen molar-refractivity contribution in [3.05, 3.63) is 23.8 Å². The van der Waals surface area contributed by atoms with Crippen molar-refractivity contribution < 1.29 is 19.0 Å². The normalized spacial score (nSPS) is 24.2. The standard InChI is InChI=1S/C19H28N2O4/c1-13(17-7-5-11-25-17)20-19(22)21-10-4-6-16(21)15-12-14(23-2)8-9-18(15)24-3/h8-9,12-13,16-17H,4-7,10-11H2,1-3H3,(H,20,22)/t13-,16-,17+/m0/s1. The second-order valence-electron chi connectivity index (χ2n) is 6.75. The molecular formula is C19H28N2O4. The Balaban J connectivity index is 1.74. The lowest BCUT2D eigenvalue weighted by Gasteiger charge is -2.29. The van der Waals surface area contributed by atoms with Gasteiger partial charge in [0.2, 0.25) is 0 Å². The van der Waals surface area contributed by atoms with Crippen molar-refractivity contribution in [3.8, 4) is 11.5 Å². The largest absolute Gasteiger partial charge is 0.497 e. The Morgan fingerprint density at radius 1 is 1.28 bits per heavy atom. The first-order valence-corrected chi connectivity index (χ1v) is 9.04. The fraction of sp³-hybridized carbons (Fsp3) is 0.632. The van der Waals surface area contributed by atoms with Gasteiger partial charge in [-0.05, 0) is 50.8 Å². The number of likely N-dealkylation sites (tertiary alicyclic amines) is 1.